The molecule has 31 heavy (non-hydrogen) atoms. The Morgan fingerprint density at radius 2 is 1.81 bits per heavy atom. The molecule has 2 N–H and O–H groups in total. The monoisotopic (exact) mass is 412 g/mol. The number of fused-ring (bicyclic) bond motifs is 2. The second-order valence-corrected chi connectivity index (χ2v) is 7.94. The van der Waals surface area contributed by atoms with Gasteiger partial charge in [0, 0.05) is 16.9 Å². The number of H-pyrrole nitrogens is 1. The molecule has 2 aliphatic rings. The van der Waals surface area contributed by atoms with E-state index in [2.05, 4.69) is 22.4 Å². The first-order valence-electron chi connectivity index (χ1n) is 10.8. The van der Waals surface area contributed by atoms with Crippen molar-refractivity contribution in [2.45, 2.75) is 32.6 Å². The third-order valence-corrected chi connectivity index (χ3v) is 6.03. The van der Waals surface area contributed by atoms with Crippen LogP contribution in [0.5, 0.6) is 0 Å². The van der Waals surface area contributed by atoms with Gasteiger partial charge < -0.3 is 15.0 Å². The van der Waals surface area contributed by atoms with Crippen LogP contribution in [-0.4, -0.2) is 23.5 Å². The summed E-state index contributed by atoms with van der Waals surface area (Å²) >= 11 is 0. The molecule has 1 aromatic heterocycles. The van der Waals surface area contributed by atoms with E-state index in [4.69, 9.17) is 4.74 Å². The van der Waals surface area contributed by atoms with E-state index in [-0.39, 0.29) is 11.9 Å². The zero-order chi connectivity index (χ0) is 21.4. The fourth-order valence-electron chi connectivity index (χ4n) is 4.56. The Morgan fingerprint density at radius 1 is 1.03 bits per heavy atom. The first kappa shape index (κ1) is 19.4. The van der Waals surface area contributed by atoms with E-state index < -0.39 is 0 Å². The number of esters is 1. The van der Waals surface area contributed by atoms with Gasteiger partial charge in [-0.3, -0.25) is 4.79 Å². The SMILES string of the molecule is CCOC(=O)c1[nH]c(C=C2C(=O)Nc3cc(-c4ccccc4)ccc32)c2c1CCCC2. The van der Waals surface area contributed by atoms with E-state index >= 15 is 0 Å². The number of benzene rings is 2. The molecule has 5 nitrogen and oxygen atoms in total. The number of rotatable bonds is 4. The van der Waals surface area contributed by atoms with Crippen LogP contribution in [0.4, 0.5) is 5.69 Å². The lowest BCUT2D eigenvalue weighted by Gasteiger charge is -2.13. The Bertz CT molecular complexity index is 1200. The van der Waals surface area contributed by atoms with Gasteiger partial charge in [-0.2, -0.15) is 0 Å². The van der Waals surface area contributed by atoms with Crippen LogP contribution < -0.4 is 5.32 Å². The molecule has 1 aliphatic heterocycles. The number of anilines is 1. The second-order valence-electron chi connectivity index (χ2n) is 7.94. The molecule has 5 rings (SSSR count). The van der Waals surface area contributed by atoms with Crippen LogP contribution in [0.2, 0.25) is 0 Å². The summed E-state index contributed by atoms with van der Waals surface area (Å²) in [5.74, 6) is -0.453. The summed E-state index contributed by atoms with van der Waals surface area (Å²) in [6.07, 6.45) is 5.76. The highest BCUT2D eigenvalue weighted by atomic mass is 16.5. The Hall–Kier alpha value is -3.60. The lowest BCUT2D eigenvalue weighted by molar-refractivity contribution is -0.110. The predicted molar refractivity (Wildman–Crippen MR) is 122 cm³/mol. The fraction of sp³-hybridized carbons (Fsp3) is 0.231. The molecule has 3 aromatic rings. The minimum Gasteiger partial charge on any atom is -0.461 e. The Labute approximate surface area is 181 Å². The average molecular weight is 412 g/mol. The van der Waals surface area contributed by atoms with Gasteiger partial charge in [0.25, 0.3) is 5.91 Å². The van der Waals surface area contributed by atoms with Gasteiger partial charge >= 0.3 is 5.97 Å². The minimum absolute atomic E-state index is 0.128. The molecule has 0 saturated heterocycles. The van der Waals surface area contributed by atoms with Crippen LogP contribution in [-0.2, 0) is 22.4 Å². The smallest absolute Gasteiger partial charge is 0.355 e. The maximum Gasteiger partial charge on any atom is 0.355 e. The van der Waals surface area contributed by atoms with E-state index in [0.717, 1.165) is 64.9 Å². The molecule has 0 bridgehead atoms. The van der Waals surface area contributed by atoms with Crippen molar-refractivity contribution < 1.29 is 14.3 Å². The standard InChI is InChI=1S/C26H24N2O3/c1-2-31-26(30)24-20-11-7-6-10-18(20)23(27-24)15-21-19-13-12-17(14-22(19)28-25(21)29)16-8-4-3-5-9-16/h3-5,8-9,12-15,27H,2,6-7,10-11H2,1H3,(H,28,29). The van der Waals surface area contributed by atoms with Crippen LogP contribution in [0.1, 0.15) is 52.6 Å². The number of amides is 1. The van der Waals surface area contributed by atoms with Crippen molar-refractivity contribution in [3.05, 3.63) is 76.6 Å². The zero-order valence-corrected chi connectivity index (χ0v) is 17.5. The molecule has 2 heterocycles. The van der Waals surface area contributed by atoms with Gasteiger partial charge in [-0.25, -0.2) is 4.79 Å². The second kappa shape index (κ2) is 7.91. The lowest BCUT2D eigenvalue weighted by atomic mass is 9.91. The van der Waals surface area contributed by atoms with Crippen LogP contribution >= 0.6 is 0 Å². The number of aromatic amines is 1. The third-order valence-electron chi connectivity index (χ3n) is 6.03. The number of ether oxygens (including phenoxy) is 1. The van der Waals surface area contributed by atoms with Crippen LogP contribution in [0, 0.1) is 0 Å². The first-order valence-corrected chi connectivity index (χ1v) is 10.8. The maximum atomic E-state index is 12.8. The van der Waals surface area contributed by atoms with Gasteiger partial charge in [0.05, 0.1) is 12.2 Å². The summed E-state index contributed by atoms with van der Waals surface area (Å²) < 4.78 is 5.24. The van der Waals surface area contributed by atoms with E-state index in [9.17, 15) is 9.59 Å². The number of aromatic nitrogens is 1. The van der Waals surface area contributed by atoms with Crippen molar-refractivity contribution in [3.63, 3.8) is 0 Å². The van der Waals surface area contributed by atoms with E-state index in [0.29, 0.717) is 17.9 Å². The van der Waals surface area contributed by atoms with Crippen LogP contribution in [0.15, 0.2) is 48.5 Å². The fourth-order valence-corrected chi connectivity index (χ4v) is 4.56. The molecule has 0 atom stereocenters. The third kappa shape index (κ3) is 3.46. The Balaban J connectivity index is 1.56. The molecule has 5 heteroatoms. The highest BCUT2D eigenvalue weighted by Crippen LogP contribution is 2.38. The molecule has 0 unspecified atom stereocenters. The molecule has 1 amide bonds. The molecule has 0 saturated carbocycles. The van der Waals surface area contributed by atoms with E-state index in [1.165, 1.54) is 0 Å². The van der Waals surface area contributed by atoms with Crippen molar-refractivity contribution in [1.82, 2.24) is 4.98 Å². The topological polar surface area (TPSA) is 71.2 Å². The summed E-state index contributed by atoms with van der Waals surface area (Å²) in [5.41, 5.74) is 7.99. The molecule has 0 fully saturated rings. The molecular weight excluding hydrogens is 388 g/mol. The summed E-state index contributed by atoms with van der Waals surface area (Å²) in [6.45, 7) is 2.14. The normalized spacial score (nSPS) is 16.0. The molecule has 0 radical (unpaired) electrons. The Morgan fingerprint density at radius 3 is 2.58 bits per heavy atom. The molecule has 156 valence electrons. The Kier molecular flexibility index (Phi) is 4.94. The van der Waals surface area contributed by atoms with Crippen LogP contribution in [0.3, 0.4) is 0 Å². The van der Waals surface area contributed by atoms with Gasteiger partial charge in [0.15, 0.2) is 0 Å². The van der Waals surface area contributed by atoms with Crippen LogP contribution in [0.25, 0.3) is 22.8 Å². The number of hydrogen-bond acceptors (Lipinski definition) is 3. The minimum atomic E-state index is -0.325. The molecule has 1 aliphatic carbocycles. The number of nitrogens with one attached hydrogen (secondary N) is 2. The van der Waals surface area contributed by atoms with Crippen molar-refractivity contribution >= 4 is 29.2 Å². The molecular formula is C26H24N2O3. The van der Waals surface area contributed by atoms with Gasteiger partial charge in [0.1, 0.15) is 5.69 Å². The summed E-state index contributed by atoms with van der Waals surface area (Å²) in [6, 6.07) is 16.1. The summed E-state index contributed by atoms with van der Waals surface area (Å²) in [7, 11) is 0. The molecule has 0 spiro atoms. The van der Waals surface area contributed by atoms with Crippen molar-refractivity contribution in [2.24, 2.45) is 0 Å². The number of carbonyl (C=O) groups is 2. The number of hydrogen-bond donors (Lipinski definition) is 2. The highest BCUT2D eigenvalue weighted by molar-refractivity contribution is 6.35. The van der Waals surface area contributed by atoms with Gasteiger partial charge in [-0.05, 0) is 67.0 Å². The summed E-state index contributed by atoms with van der Waals surface area (Å²) in [4.78, 5) is 28.5. The van der Waals surface area contributed by atoms with E-state index in [1.807, 2.05) is 42.5 Å². The van der Waals surface area contributed by atoms with Crippen molar-refractivity contribution in [2.75, 3.05) is 11.9 Å². The van der Waals surface area contributed by atoms with Crippen molar-refractivity contribution in [3.8, 4) is 11.1 Å². The van der Waals surface area contributed by atoms with Crippen molar-refractivity contribution in [1.29, 1.82) is 0 Å². The average Bonchev–Trinajstić information content (AvgIpc) is 3.32. The quantitative estimate of drug-likeness (QED) is 0.455. The molecule has 2 aromatic carbocycles. The van der Waals surface area contributed by atoms with E-state index in [1.54, 1.807) is 6.92 Å². The largest absolute Gasteiger partial charge is 0.461 e. The zero-order valence-electron chi connectivity index (χ0n) is 17.5. The van der Waals surface area contributed by atoms with Gasteiger partial charge in [0.2, 0.25) is 0 Å². The lowest BCUT2D eigenvalue weighted by Crippen LogP contribution is -2.10. The maximum absolute atomic E-state index is 12.8. The summed E-state index contributed by atoms with van der Waals surface area (Å²) in [5, 5.41) is 3.00. The van der Waals surface area contributed by atoms with Gasteiger partial charge in [-0.1, -0.05) is 42.5 Å². The predicted octanol–water partition coefficient (Wildman–Crippen LogP) is 5.23. The highest BCUT2D eigenvalue weighted by Gasteiger charge is 2.28. The van der Waals surface area contributed by atoms with Gasteiger partial charge in [-0.15, -0.1) is 0 Å². The first-order chi connectivity index (χ1) is 15.2. The number of carbonyl (C=O) groups excluding carboxylic acids is 2.